The normalized spacial score (nSPS) is 10.5. The highest BCUT2D eigenvalue weighted by atomic mass is 16.5. The predicted molar refractivity (Wildman–Crippen MR) is 110 cm³/mol. The van der Waals surface area contributed by atoms with Crippen LogP contribution in [0, 0.1) is 22.7 Å². The third-order valence-electron chi connectivity index (χ3n) is 4.16. The molecule has 0 atom stereocenters. The lowest BCUT2D eigenvalue weighted by molar-refractivity contribution is 0.0541. The van der Waals surface area contributed by atoms with E-state index in [2.05, 4.69) is 12.1 Å². The average molecular weight is 414 g/mol. The van der Waals surface area contributed by atoms with Crippen molar-refractivity contribution < 1.29 is 28.4 Å². The summed E-state index contributed by atoms with van der Waals surface area (Å²) in [6.45, 7) is 3.03. The van der Waals surface area contributed by atoms with Crippen molar-refractivity contribution in [3.8, 4) is 23.6 Å². The summed E-state index contributed by atoms with van der Waals surface area (Å²) >= 11 is 0. The molecule has 2 aromatic carbocycles. The van der Waals surface area contributed by atoms with E-state index in [0.29, 0.717) is 61.9 Å². The van der Waals surface area contributed by atoms with Crippen LogP contribution in [0.1, 0.15) is 11.1 Å². The minimum absolute atomic E-state index is 0.142. The summed E-state index contributed by atoms with van der Waals surface area (Å²) in [6, 6.07) is 11.5. The molecular formula is C22H26N2O6. The van der Waals surface area contributed by atoms with Crippen LogP contribution in [0.3, 0.4) is 0 Å². The molecule has 0 amide bonds. The van der Waals surface area contributed by atoms with Crippen LogP contribution in [-0.4, -0.2) is 67.1 Å². The Balaban J connectivity index is 2.24. The van der Waals surface area contributed by atoms with E-state index in [1.165, 1.54) is 0 Å². The molecule has 160 valence electrons. The molecule has 8 nitrogen and oxygen atoms in total. The van der Waals surface area contributed by atoms with Crippen LogP contribution in [0.25, 0.3) is 10.8 Å². The number of hydrogen-bond acceptors (Lipinski definition) is 8. The Morgan fingerprint density at radius 1 is 0.633 bits per heavy atom. The van der Waals surface area contributed by atoms with Gasteiger partial charge in [-0.25, -0.2) is 0 Å². The SMILES string of the molecule is COCCOCCOc1c(C#N)c(C#N)c(OCCOCCOC)c2ccccc12. The minimum atomic E-state index is 0.142. The van der Waals surface area contributed by atoms with E-state index in [4.69, 9.17) is 28.4 Å². The monoisotopic (exact) mass is 414 g/mol. The van der Waals surface area contributed by atoms with E-state index < -0.39 is 0 Å². The fraction of sp³-hybridized carbons (Fsp3) is 0.455. The molecule has 0 bridgehead atoms. The second-order valence-electron chi connectivity index (χ2n) is 6.08. The molecule has 0 aromatic heterocycles. The van der Waals surface area contributed by atoms with E-state index in [1.807, 2.05) is 24.3 Å². The molecule has 0 N–H and O–H groups in total. The van der Waals surface area contributed by atoms with Crippen LogP contribution in [0.15, 0.2) is 24.3 Å². The van der Waals surface area contributed by atoms with Gasteiger partial charge in [-0.2, -0.15) is 10.5 Å². The van der Waals surface area contributed by atoms with Gasteiger partial charge in [0.2, 0.25) is 0 Å². The molecule has 0 spiro atoms. The first-order valence-electron chi connectivity index (χ1n) is 9.56. The largest absolute Gasteiger partial charge is 0.489 e. The zero-order valence-corrected chi connectivity index (χ0v) is 17.3. The van der Waals surface area contributed by atoms with E-state index in [1.54, 1.807) is 14.2 Å². The average Bonchev–Trinajstić information content (AvgIpc) is 2.78. The molecule has 2 rings (SSSR count). The molecule has 0 unspecified atom stereocenters. The summed E-state index contributed by atoms with van der Waals surface area (Å²) in [5, 5.41) is 20.9. The van der Waals surface area contributed by atoms with Crippen LogP contribution in [0.2, 0.25) is 0 Å². The number of benzene rings is 2. The second-order valence-corrected chi connectivity index (χ2v) is 6.08. The molecule has 0 fully saturated rings. The Labute approximate surface area is 176 Å². The summed E-state index contributed by atoms with van der Waals surface area (Å²) in [4.78, 5) is 0. The molecule has 0 heterocycles. The summed E-state index contributed by atoms with van der Waals surface area (Å²) in [7, 11) is 3.20. The first-order chi connectivity index (χ1) is 14.8. The van der Waals surface area contributed by atoms with Gasteiger partial charge in [0.15, 0.2) is 0 Å². The van der Waals surface area contributed by atoms with Crippen molar-refractivity contribution in [2.45, 2.75) is 0 Å². The van der Waals surface area contributed by atoms with Crippen LogP contribution in [-0.2, 0) is 18.9 Å². The highest BCUT2D eigenvalue weighted by Gasteiger charge is 2.21. The number of fused-ring (bicyclic) bond motifs is 1. The summed E-state index contributed by atoms with van der Waals surface area (Å²) in [6.07, 6.45) is 0. The van der Waals surface area contributed by atoms with Crippen molar-refractivity contribution in [2.75, 3.05) is 67.1 Å². The van der Waals surface area contributed by atoms with Crippen molar-refractivity contribution in [1.29, 1.82) is 10.5 Å². The van der Waals surface area contributed by atoms with Gasteiger partial charge >= 0.3 is 0 Å². The Morgan fingerprint density at radius 3 is 1.40 bits per heavy atom. The molecule has 0 aliphatic rings. The maximum absolute atomic E-state index is 9.73. The molecular weight excluding hydrogens is 388 g/mol. The lowest BCUT2D eigenvalue weighted by Gasteiger charge is -2.17. The quantitative estimate of drug-likeness (QED) is 0.435. The fourth-order valence-corrected chi connectivity index (χ4v) is 2.78. The number of methoxy groups -OCH3 is 2. The zero-order chi connectivity index (χ0) is 21.6. The van der Waals surface area contributed by atoms with Crippen molar-refractivity contribution >= 4 is 10.8 Å². The number of nitrogens with zero attached hydrogens (tertiary/aromatic N) is 2. The second kappa shape index (κ2) is 13.4. The minimum Gasteiger partial charge on any atom is -0.489 e. The summed E-state index contributed by atoms with van der Waals surface area (Å²) < 4.78 is 32.4. The van der Waals surface area contributed by atoms with Crippen molar-refractivity contribution in [3.05, 3.63) is 35.4 Å². The number of ether oxygens (including phenoxy) is 6. The van der Waals surface area contributed by atoms with Gasteiger partial charge in [-0.3, -0.25) is 0 Å². The predicted octanol–water partition coefficient (Wildman–Crippen LogP) is 2.67. The molecule has 0 aliphatic carbocycles. The maximum Gasteiger partial charge on any atom is 0.146 e. The van der Waals surface area contributed by atoms with E-state index in [0.717, 1.165) is 0 Å². The summed E-state index contributed by atoms with van der Waals surface area (Å²) in [5.41, 5.74) is 0.284. The fourth-order valence-electron chi connectivity index (χ4n) is 2.78. The first-order valence-corrected chi connectivity index (χ1v) is 9.56. The van der Waals surface area contributed by atoms with Gasteiger partial charge < -0.3 is 28.4 Å². The van der Waals surface area contributed by atoms with E-state index in [9.17, 15) is 10.5 Å². The maximum atomic E-state index is 9.73. The van der Waals surface area contributed by atoms with Gasteiger partial charge in [-0.1, -0.05) is 24.3 Å². The van der Waals surface area contributed by atoms with Crippen molar-refractivity contribution in [1.82, 2.24) is 0 Å². The standard InChI is InChI=1S/C22H26N2O6/c1-25-7-9-27-11-13-29-21-17-5-3-4-6-18(17)22(20(16-24)19(21)15-23)30-14-12-28-10-8-26-2/h3-6H,7-14H2,1-2H3. The van der Waals surface area contributed by atoms with Crippen LogP contribution < -0.4 is 9.47 Å². The molecule has 0 radical (unpaired) electrons. The molecule has 2 aromatic rings. The molecule has 8 heteroatoms. The van der Waals surface area contributed by atoms with Crippen molar-refractivity contribution in [3.63, 3.8) is 0 Å². The smallest absolute Gasteiger partial charge is 0.146 e. The third kappa shape index (κ3) is 6.31. The van der Waals surface area contributed by atoms with Crippen LogP contribution >= 0.6 is 0 Å². The first kappa shape index (κ1) is 23.4. The Hall–Kier alpha value is -2.88. The highest BCUT2D eigenvalue weighted by Crippen LogP contribution is 2.40. The van der Waals surface area contributed by atoms with Crippen molar-refractivity contribution in [2.24, 2.45) is 0 Å². The van der Waals surface area contributed by atoms with Gasteiger partial charge in [0.25, 0.3) is 0 Å². The Bertz CT molecular complexity index is 815. The lowest BCUT2D eigenvalue weighted by Crippen LogP contribution is -2.13. The Kier molecular flexibility index (Phi) is 10.4. The molecule has 0 saturated heterocycles. The lowest BCUT2D eigenvalue weighted by atomic mass is 9.99. The van der Waals surface area contributed by atoms with Gasteiger partial charge in [0.05, 0.1) is 39.6 Å². The summed E-state index contributed by atoms with van der Waals surface area (Å²) in [5.74, 6) is 0.701. The number of nitriles is 2. The number of rotatable bonds is 14. The van der Waals surface area contributed by atoms with Crippen LogP contribution in [0.4, 0.5) is 0 Å². The zero-order valence-electron chi connectivity index (χ0n) is 17.3. The molecule has 0 saturated carbocycles. The Morgan fingerprint density at radius 2 is 1.03 bits per heavy atom. The van der Waals surface area contributed by atoms with Gasteiger partial charge in [0.1, 0.15) is 48.0 Å². The van der Waals surface area contributed by atoms with Gasteiger partial charge in [-0.05, 0) is 0 Å². The van der Waals surface area contributed by atoms with E-state index in [-0.39, 0.29) is 24.3 Å². The molecule has 30 heavy (non-hydrogen) atoms. The topological polar surface area (TPSA) is 103 Å². The van der Waals surface area contributed by atoms with Gasteiger partial charge in [-0.15, -0.1) is 0 Å². The third-order valence-corrected chi connectivity index (χ3v) is 4.16. The molecule has 0 aliphatic heterocycles. The number of hydrogen-bond donors (Lipinski definition) is 0. The van der Waals surface area contributed by atoms with Gasteiger partial charge in [0, 0.05) is 25.0 Å². The highest BCUT2D eigenvalue weighted by molar-refractivity contribution is 5.98. The van der Waals surface area contributed by atoms with E-state index >= 15 is 0 Å². The van der Waals surface area contributed by atoms with Crippen LogP contribution in [0.5, 0.6) is 11.5 Å².